The molecule has 1 N–H and O–H groups in total. The van der Waals surface area contributed by atoms with Crippen molar-refractivity contribution in [3.63, 3.8) is 0 Å². The smallest absolute Gasteiger partial charge is 0.414 e. The number of alkyl halides is 6. The molecule has 0 aromatic heterocycles. The summed E-state index contributed by atoms with van der Waals surface area (Å²) in [6.45, 7) is 14.7. The Morgan fingerprint density at radius 2 is 1.52 bits per heavy atom. The minimum atomic E-state index is -6.31. The zero-order valence-corrected chi connectivity index (χ0v) is 27.1. The third kappa shape index (κ3) is 6.24. The first-order valence-electron chi connectivity index (χ1n) is 14.4. The number of hydrogen-bond donors (Lipinski definition) is 1. The van der Waals surface area contributed by atoms with E-state index in [-0.39, 0.29) is 28.4 Å². The lowest BCUT2D eigenvalue weighted by Gasteiger charge is -2.49. The lowest BCUT2D eigenvalue weighted by atomic mass is 9.62. The van der Waals surface area contributed by atoms with Crippen molar-refractivity contribution in [1.82, 2.24) is 0 Å². The summed E-state index contributed by atoms with van der Waals surface area (Å²) in [5, 5.41) is 6.94. The molecule has 6 atom stereocenters. The van der Waals surface area contributed by atoms with Gasteiger partial charge in [-0.15, -0.1) is 0 Å². The standard InChI is InChI=1S/C30H44F6O4SSi/c1-20(22-16-17-23-24(14-11-19-27(22,23)5)40-42(6,7)26(2,3)4)15-18-25(28(37,29(31,32)33)30(34,35)36)41(38,39)21-12-9-8-10-13-21/h8-10,12-13,15,18,20,22-25,37H,11,14,16-17,19H2,1-7H3/t20?,22-,23+,24+,25-,27-/m1/s1. The van der Waals surface area contributed by atoms with Crippen molar-refractivity contribution in [1.29, 1.82) is 0 Å². The summed E-state index contributed by atoms with van der Waals surface area (Å²) in [6, 6.07) is 5.61. The van der Waals surface area contributed by atoms with E-state index in [1.54, 1.807) is 6.92 Å². The molecule has 1 aromatic rings. The van der Waals surface area contributed by atoms with Crippen LogP contribution in [0.5, 0.6) is 0 Å². The highest BCUT2D eigenvalue weighted by molar-refractivity contribution is 7.92. The second-order valence-corrected chi connectivity index (χ2v) is 20.7. The molecule has 0 radical (unpaired) electrons. The number of aliphatic hydroxyl groups is 1. The molecular weight excluding hydrogens is 598 g/mol. The fourth-order valence-corrected chi connectivity index (χ4v) is 10.1. The Bertz CT molecular complexity index is 1210. The Labute approximate surface area is 247 Å². The van der Waals surface area contributed by atoms with Gasteiger partial charge in [-0.05, 0) is 79.1 Å². The molecule has 0 amide bonds. The molecule has 0 aliphatic heterocycles. The SMILES string of the molecule is CC(C=C[C@H](C(O)(C(F)(F)F)C(F)(F)F)S(=O)(=O)c1ccccc1)[C@H]1CC[C@H]2[C@@H](O[Si](C)(C)C(C)(C)C)CCC[C@]12C. The van der Waals surface area contributed by atoms with Crippen LogP contribution in [0.3, 0.4) is 0 Å². The molecule has 1 aromatic carbocycles. The summed E-state index contributed by atoms with van der Waals surface area (Å²) in [4.78, 5) is -0.745. The van der Waals surface area contributed by atoms with Gasteiger partial charge in [-0.2, -0.15) is 26.3 Å². The molecule has 2 fully saturated rings. The van der Waals surface area contributed by atoms with Crippen LogP contribution in [0.2, 0.25) is 18.1 Å². The van der Waals surface area contributed by atoms with Crippen LogP contribution >= 0.6 is 0 Å². The Kier molecular flexibility index (Phi) is 9.63. The van der Waals surface area contributed by atoms with Crippen LogP contribution in [0.15, 0.2) is 47.4 Å². The maximum Gasteiger partial charge on any atom is 0.427 e. The minimum Gasteiger partial charge on any atom is -0.414 e. The van der Waals surface area contributed by atoms with Crippen molar-refractivity contribution in [3.8, 4) is 0 Å². The van der Waals surface area contributed by atoms with E-state index in [1.165, 1.54) is 18.2 Å². The van der Waals surface area contributed by atoms with Gasteiger partial charge in [0.05, 0.1) is 4.90 Å². The van der Waals surface area contributed by atoms with E-state index in [0.717, 1.165) is 43.9 Å². The third-order valence-corrected chi connectivity index (χ3v) is 16.9. The predicted octanol–water partition coefficient (Wildman–Crippen LogP) is 8.48. The number of benzene rings is 1. The van der Waals surface area contributed by atoms with Gasteiger partial charge < -0.3 is 9.53 Å². The highest BCUT2D eigenvalue weighted by atomic mass is 32.2. The number of rotatable bonds is 8. The topological polar surface area (TPSA) is 63.6 Å². The average Bonchev–Trinajstić information content (AvgIpc) is 3.20. The van der Waals surface area contributed by atoms with Crippen LogP contribution in [0.25, 0.3) is 0 Å². The molecule has 240 valence electrons. The maximum absolute atomic E-state index is 14.0. The van der Waals surface area contributed by atoms with Crippen molar-refractivity contribution in [2.24, 2.45) is 23.2 Å². The molecule has 0 heterocycles. The van der Waals surface area contributed by atoms with E-state index in [9.17, 15) is 39.9 Å². The van der Waals surface area contributed by atoms with Gasteiger partial charge in [0.1, 0.15) is 5.25 Å². The number of allylic oxidation sites excluding steroid dienone is 1. The minimum absolute atomic E-state index is 0.00188. The molecule has 4 nitrogen and oxygen atoms in total. The molecule has 0 saturated heterocycles. The quantitative estimate of drug-likeness (QED) is 0.176. The van der Waals surface area contributed by atoms with E-state index in [2.05, 4.69) is 40.8 Å². The largest absolute Gasteiger partial charge is 0.427 e. The van der Waals surface area contributed by atoms with Crippen LogP contribution in [-0.2, 0) is 14.3 Å². The zero-order chi connectivity index (χ0) is 32.2. The van der Waals surface area contributed by atoms with Crippen LogP contribution in [0, 0.1) is 23.2 Å². The Morgan fingerprint density at radius 3 is 2.02 bits per heavy atom. The number of halogens is 6. The molecule has 0 bridgehead atoms. The van der Waals surface area contributed by atoms with Crippen molar-refractivity contribution in [3.05, 3.63) is 42.5 Å². The van der Waals surface area contributed by atoms with Gasteiger partial charge >= 0.3 is 12.4 Å². The first-order valence-corrected chi connectivity index (χ1v) is 18.9. The number of fused-ring (bicyclic) bond motifs is 1. The predicted molar refractivity (Wildman–Crippen MR) is 153 cm³/mol. The van der Waals surface area contributed by atoms with Gasteiger partial charge in [0.2, 0.25) is 0 Å². The van der Waals surface area contributed by atoms with Gasteiger partial charge in [0.25, 0.3) is 5.60 Å². The van der Waals surface area contributed by atoms with Gasteiger partial charge in [-0.25, -0.2) is 8.42 Å². The van der Waals surface area contributed by atoms with E-state index < -0.39 is 52.2 Å². The van der Waals surface area contributed by atoms with E-state index in [0.29, 0.717) is 12.5 Å². The summed E-state index contributed by atoms with van der Waals surface area (Å²) in [5.74, 6) is -0.493. The van der Waals surface area contributed by atoms with Gasteiger partial charge in [-0.3, -0.25) is 0 Å². The van der Waals surface area contributed by atoms with Crippen LogP contribution in [0.1, 0.15) is 66.7 Å². The van der Waals surface area contributed by atoms with Crippen LogP contribution < -0.4 is 0 Å². The molecule has 42 heavy (non-hydrogen) atoms. The molecule has 2 saturated carbocycles. The molecule has 0 spiro atoms. The average molecular weight is 643 g/mol. The van der Waals surface area contributed by atoms with E-state index in [4.69, 9.17) is 4.43 Å². The third-order valence-electron chi connectivity index (χ3n) is 10.3. The summed E-state index contributed by atoms with van der Waals surface area (Å²) in [5.41, 5.74) is -5.80. The monoisotopic (exact) mass is 642 g/mol. The lowest BCUT2D eigenvalue weighted by Crippen LogP contribution is -2.65. The van der Waals surface area contributed by atoms with E-state index >= 15 is 0 Å². The van der Waals surface area contributed by atoms with Crippen LogP contribution in [0.4, 0.5) is 26.3 Å². The molecule has 2 aliphatic carbocycles. The molecule has 3 rings (SSSR count). The van der Waals surface area contributed by atoms with Gasteiger partial charge in [0.15, 0.2) is 18.2 Å². The molecular formula is C30H44F6O4SSi. The number of hydrogen-bond acceptors (Lipinski definition) is 4. The Morgan fingerprint density at radius 1 is 0.976 bits per heavy atom. The van der Waals surface area contributed by atoms with Gasteiger partial charge in [-0.1, -0.05) is 71.4 Å². The Hall–Kier alpha value is -1.37. The van der Waals surface area contributed by atoms with Crippen LogP contribution in [-0.4, -0.2) is 51.1 Å². The molecule has 12 heteroatoms. The van der Waals surface area contributed by atoms with Crippen molar-refractivity contribution in [2.75, 3.05) is 0 Å². The summed E-state index contributed by atoms with van der Waals surface area (Å²) in [7, 11) is -7.41. The highest BCUT2D eigenvalue weighted by Gasteiger charge is 2.76. The van der Waals surface area contributed by atoms with Gasteiger partial charge in [0, 0.05) is 6.10 Å². The number of sulfone groups is 1. The second-order valence-electron chi connectivity index (χ2n) is 13.9. The first kappa shape index (κ1) is 35.1. The molecule has 2 aliphatic rings. The normalized spacial score (nSPS) is 28.1. The summed E-state index contributed by atoms with van der Waals surface area (Å²) >= 11 is 0. The second kappa shape index (κ2) is 11.5. The van der Waals surface area contributed by atoms with Crippen molar-refractivity contribution in [2.45, 2.75) is 119 Å². The van der Waals surface area contributed by atoms with E-state index in [1.807, 2.05) is 0 Å². The summed E-state index contributed by atoms with van der Waals surface area (Å²) in [6.07, 6.45) is -6.97. The van der Waals surface area contributed by atoms with Crippen molar-refractivity contribution < 1.29 is 44.3 Å². The summed E-state index contributed by atoms with van der Waals surface area (Å²) < 4.78 is 117. The maximum atomic E-state index is 14.0. The fraction of sp³-hybridized carbons (Fsp3) is 0.733. The Balaban J connectivity index is 2.00. The lowest BCUT2D eigenvalue weighted by molar-refractivity contribution is -0.364. The molecule has 1 unspecified atom stereocenters. The van der Waals surface area contributed by atoms with Crippen molar-refractivity contribution >= 4 is 18.2 Å². The first-order chi connectivity index (χ1) is 18.9. The highest BCUT2D eigenvalue weighted by Crippen LogP contribution is 2.59. The fourth-order valence-electron chi connectivity index (χ4n) is 6.84. The zero-order valence-electron chi connectivity index (χ0n) is 25.3.